The van der Waals surface area contributed by atoms with Crippen LogP contribution >= 0.6 is 0 Å². The van der Waals surface area contributed by atoms with Gasteiger partial charge in [-0.15, -0.1) is 0 Å². The van der Waals surface area contributed by atoms with Gasteiger partial charge in [0.1, 0.15) is 11.6 Å². The van der Waals surface area contributed by atoms with Crippen LogP contribution in [-0.2, 0) is 0 Å². The van der Waals surface area contributed by atoms with Gasteiger partial charge in [0.15, 0.2) is 0 Å². The lowest BCUT2D eigenvalue weighted by Gasteiger charge is -2.32. The molecule has 0 saturated carbocycles. The lowest BCUT2D eigenvalue weighted by Crippen LogP contribution is -2.38. The number of pyridine rings is 2. The number of nitrogens with two attached hydrogens (primary N) is 1. The Labute approximate surface area is 186 Å². The fourth-order valence-corrected chi connectivity index (χ4v) is 3.90. The van der Waals surface area contributed by atoms with Crippen LogP contribution < -0.4 is 15.8 Å². The van der Waals surface area contributed by atoms with Crippen LogP contribution in [0.5, 0.6) is 5.75 Å². The van der Waals surface area contributed by atoms with Crippen LogP contribution in [0.3, 0.4) is 0 Å². The van der Waals surface area contributed by atoms with Gasteiger partial charge in [-0.25, -0.2) is 4.98 Å². The molecule has 0 radical (unpaired) electrons. The molecule has 1 fully saturated rings. The van der Waals surface area contributed by atoms with Crippen molar-refractivity contribution in [3.05, 3.63) is 77.7 Å². The zero-order valence-electron chi connectivity index (χ0n) is 17.8. The summed E-state index contributed by atoms with van der Waals surface area (Å²) >= 11 is 0. The summed E-state index contributed by atoms with van der Waals surface area (Å²) in [5.41, 5.74) is 8.49. The Kier molecular flexibility index (Phi) is 6.30. The minimum atomic E-state index is -0.344. The van der Waals surface area contributed by atoms with Crippen LogP contribution in [0, 0.1) is 0 Å². The number of ether oxygens (including phenoxy) is 1. The number of benzene rings is 1. The first-order valence-corrected chi connectivity index (χ1v) is 10.5. The quantitative estimate of drug-likeness (QED) is 0.641. The number of nitrogens with zero attached hydrogens (tertiary/aromatic N) is 3. The van der Waals surface area contributed by atoms with Crippen molar-refractivity contribution < 1.29 is 14.3 Å². The van der Waals surface area contributed by atoms with Crippen molar-refractivity contribution in [1.82, 2.24) is 14.9 Å². The number of methoxy groups -OCH3 is 1. The second-order valence-corrected chi connectivity index (χ2v) is 7.63. The predicted molar refractivity (Wildman–Crippen MR) is 122 cm³/mol. The fraction of sp³-hybridized carbons (Fsp3) is 0.250. The predicted octanol–water partition coefficient (Wildman–Crippen LogP) is 3.34. The van der Waals surface area contributed by atoms with Crippen molar-refractivity contribution in [2.75, 3.05) is 31.2 Å². The molecule has 2 amide bonds. The van der Waals surface area contributed by atoms with Gasteiger partial charge in [-0.3, -0.25) is 14.6 Å². The number of anilines is 2. The molecule has 0 atom stereocenters. The van der Waals surface area contributed by atoms with Crippen LogP contribution in [0.1, 0.15) is 45.2 Å². The minimum Gasteiger partial charge on any atom is -0.495 e. The molecule has 164 valence electrons. The number of hydrogen-bond donors (Lipinski definition) is 2. The Morgan fingerprint density at radius 1 is 1.06 bits per heavy atom. The van der Waals surface area contributed by atoms with Gasteiger partial charge in [0, 0.05) is 42.7 Å². The molecule has 1 aliphatic heterocycles. The van der Waals surface area contributed by atoms with Gasteiger partial charge in [0.2, 0.25) is 0 Å². The van der Waals surface area contributed by atoms with Crippen LogP contribution in [0.4, 0.5) is 11.5 Å². The number of carbonyl (C=O) groups is 2. The van der Waals surface area contributed by atoms with E-state index in [9.17, 15) is 9.59 Å². The molecule has 3 N–H and O–H groups in total. The van der Waals surface area contributed by atoms with Crippen molar-refractivity contribution in [3.63, 3.8) is 0 Å². The van der Waals surface area contributed by atoms with Crippen molar-refractivity contribution in [1.29, 1.82) is 0 Å². The van der Waals surface area contributed by atoms with Crippen LogP contribution in [-0.4, -0.2) is 46.9 Å². The standard InChI is InChI=1S/C24H25N5O3/c1-32-21-5-3-2-4-20(21)28-23(30)18-6-7-19(27-22(18)25)16-10-14-29(15-11-16)24(31)17-8-12-26-13-9-17/h2-9,12-13,16H,10-11,14-15H2,1H3,(H2,25,27)(H,28,30). The average Bonchev–Trinajstić information content (AvgIpc) is 2.84. The summed E-state index contributed by atoms with van der Waals surface area (Å²) in [5, 5.41) is 2.82. The molecule has 3 heterocycles. The first kappa shape index (κ1) is 21.3. The normalized spacial score (nSPS) is 14.1. The molecule has 1 saturated heterocycles. The van der Waals surface area contributed by atoms with E-state index >= 15 is 0 Å². The molecular weight excluding hydrogens is 406 g/mol. The zero-order valence-corrected chi connectivity index (χ0v) is 17.8. The number of para-hydroxylation sites is 2. The maximum absolute atomic E-state index is 12.7. The van der Waals surface area contributed by atoms with Crippen molar-refractivity contribution >= 4 is 23.3 Å². The molecule has 0 aliphatic carbocycles. The maximum Gasteiger partial charge on any atom is 0.259 e. The smallest absolute Gasteiger partial charge is 0.259 e. The molecule has 1 aromatic carbocycles. The molecule has 4 rings (SSSR count). The summed E-state index contributed by atoms with van der Waals surface area (Å²) in [4.78, 5) is 35.6. The van der Waals surface area contributed by atoms with E-state index in [-0.39, 0.29) is 23.6 Å². The molecule has 8 nitrogen and oxygen atoms in total. The lowest BCUT2D eigenvalue weighted by atomic mass is 9.92. The number of nitrogen functional groups attached to an aromatic ring is 1. The highest BCUT2D eigenvalue weighted by Crippen LogP contribution is 2.29. The number of nitrogens with one attached hydrogen (secondary N) is 1. The highest BCUT2D eigenvalue weighted by Gasteiger charge is 2.26. The Morgan fingerprint density at radius 2 is 1.78 bits per heavy atom. The summed E-state index contributed by atoms with van der Waals surface area (Å²) in [6.45, 7) is 1.28. The second-order valence-electron chi connectivity index (χ2n) is 7.63. The largest absolute Gasteiger partial charge is 0.495 e. The van der Waals surface area contributed by atoms with Gasteiger partial charge in [-0.05, 0) is 49.2 Å². The molecule has 32 heavy (non-hydrogen) atoms. The summed E-state index contributed by atoms with van der Waals surface area (Å²) in [5.74, 6) is 0.609. The fourth-order valence-electron chi connectivity index (χ4n) is 3.90. The van der Waals surface area contributed by atoms with Crippen molar-refractivity contribution in [3.8, 4) is 5.75 Å². The van der Waals surface area contributed by atoms with Crippen molar-refractivity contribution in [2.24, 2.45) is 0 Å². The lowest BCUT2D eigenvalue weighted by molar-refractivity contribution is 0.0711. The van der Waals surface area contributed by atoms with Gasteiger partial charge in [0.25, 0.3) is 11.8 Å². The Hall–Kier alpha value is -3.94. The average molecular weight is 431 g/mol. The molecule has 2 aromatic heterocycles. The van der Waals surface area contributed by atoms with E-state index in [1.165, 1.54) is 0 Å². The van der Waals surface area contributed by atoms with Crippen LogP contribution in [0.25, 0.3) is 0 Å². The van der Waals surface area contributed by atoms with Gasteiger partial charge < -0.3 is 20.7 Å². The molecule has 0 bridgehead atoms. The molecular formula is C24H25N5O3. The van der Waals surface area contributed by atoms with Gasteiger partial charge in [-0.2, -0.15) is 0 Å². The number of rotatable bonds is 5. The van der Waals surface area contributed by atoms with Gasteiger partial charge >= 0.3 is 0 Å². The Bertz CT molecular complexity index is 1110. The number of piperidine rings is 1. The van der Waals surface area contributed by atoms with Crippen LogP contribution in [0.2, 0.25) is 0 Å². The number of likely N-dealkylation sites (tertiary alicyclic amines) is 1. The summed E-state index contributed by atoms with van der Waals surface area (Å²) in [7, 11) is 1.55. The highest BCUT2D eigenvalue weighted by atomic mass is 16.5. The number of aromatic nitrogens is 2. The van der Waals surface area contributed by atoms with Crippen LogP contribution in [0.15, 0.2) is 60.9 Å². The number of amides is 2. The van der Waals surface area contributed by atoms with E-state index in [0.29, 0.717) is 35.7 Å². The third kappa shape index (κ3) is 4.54. The summed E-state index contributed by atoms with van der Waals surface area (Å²) < 4.78 is 5.27. The zero-order chi connectivity index (χ0) is 22.5. The third-order valence-corrected chi connectivity index (χ3v) is 5.67. The number of hydrogen-bond acceptors (Lipinski definition) is 6. The minimum absolute atomic E-state index is 0.0154. The van der Waals surface area contributed by atoms with E-state index < -0.39 is 0 Å². The molecule has 0 spiro atoms. The first-order chi connectivity index (χ1) is 15.6. The molecule has 3 aromatic rings. The Balaban J connectivity index is 1.40. The molecule has 1 aliphatic rings. The first-order valence-electron chi connectivity index (χ1n) is 10.5. The van der Waals surface area contributed by atoms with E-state index in [1.54, 1.807) is 49.8 Å². The third-order valence-electron chi connectivity index (χ3n) is 5.67. The Morgan fingerprint density at radius 3 is 2.47 bits per heavy atom. The second kappa shape index (κ2) is 9.47. The SMILES string of the molecule is COc1ccccc1NC(=O)c1ccc(C2CCN(C(=O)c3ccncc3)CC2)nc1N. The van der Waals surface area contributed by atoms with E-state index in [2.05, 4.69) is 15.3 Å². The topological polar surface area (TPSA) is 110 Å². The molecule has 0 unspecified atom stereocenters. The molecule has 8 heteroatoms. The van der Waals surface area contributed by atoms with E-state index in [0.717, 1.165) is 18.5 Å². The van der Waals surface area contributed by atoms with Gasteiger partial charge in [0.05, 0.1) is 18.4 Å². The summed E-state index contributed by atoms with van der Waals surface area (Å²) in [6.07, 6.45) is 4.82. The number of carbonyl (C=O) groups excluding carboxylic acids is 2. The van der Waals surface area contributed by atoms with Crippen molar-refractivity contribution in [2.45, 2.75) is 18.8 Å². The van der Waals surface area contributed by atoms with E-state index in [4.69, 9.17) is 10.5 Å². The monoisotopic (exact) mass is 431 g/mol. The highest BCUT2D eigenvalue weighted by molar-refractivity contribution is 6.07. The summed E-state index contributed by atoms with van der Waals surface area (Å²) in [6, 6.07) is 14.2. The van der Waals surface area contributed by atoms with Gasteiger partial charge in [-0.1, -0.05) is 12.1 Å². The van der Waals surface area contributed by atoms with E-state index in [1.807, 2.05) is 23.1 Å². The maximum atomic E-state index is 12.7.